The van der Waals surface area contributed by atoms with Gasteiger partial charge in [0.15, 0.2) is 0 Å². The normalized spacial score (nSPS) is 10.4. The van der Waals surface area contributed by atoms with Crippen molar-refractivity contribution < 1.29 is 9.59 Å². The standard InChI is InChI=1S/C23H23N3O2/c1-14-8-9-19(12-17(14)4)25-23(28)20-13-18(10-11-24-20)22(27)26-21-15(2)6-5-7-16(21)3/h5-13H,1-4H3,(H,25,28)(H,26,27). The minimum Gasteiger partial charge on any atom is -0.322 e. The monoisotopic (exact) mass is 373 g/mol. The number of pyridine rings is 1. The first-order chi connectivity index (χ1) is 13.3. The summed E-state index contributed by atoms with van der Waals surface area (Å²) in [4.78, 5) is 29.3. The number of nitrogens with one attached hydrogen (secondary N) is 2. The maximum absolute atomic E-state index is 12.7. The molecule has 1 heterocycles. The van der Waals surface area contributed by atoms with Crippen molar-refractivity contribution >= 4 is 23.2 Å². The topological polar surface area (TPSA) is 71.1 Å². The van der Waals surface area contributed by atoms with Gasteiger partial charge in [0, 0.05) is 23.1 Å². The summed E-state index contributed by atoms with van der Waals surface area (Å²) in [6.45, 7) is 7.89. The average molecular weight is 373 g/mol. The highest BCUT2D eigenvalue weighted by molar-refractivity contribution is 6.08. The van der Waals surface area contributed by atoms with Crippen LogP contribution in [0.25, 0.3) is 0 Å². The van der Waals surface area contributed by atoms with E-state index in [0.29, 0.717) is 11.3 Å². The number of anilines is 2. The highest BCUT2D eigenvalue weighted by atomic mass is 16.2. The van der Waals surface area contributed by atoms with Gasteiger partial charge in [0.05, 0.1) is 0 Å². The van der Waals surface area contributed by atoms with E-state index in [2.05, 4.69) is 15.6 Å². The van der Waals surface area contributed by atoms with Crippen LogP contribution in [-0.2, 0) is 0 Å². The molecule has 0 bridgehead atoms. The number of hydrogen-bond acceptors (Lipinski definition) is 3. The van der Waals surface area contributed by atoms with E-state index in [1.165, 1.54) is 12.3 Å². The van der Waals surface area contributed by atoms with E-state index in [1.54, 1.807) is 6.07 Å². The molecule has 5 heteroatoms. The Morgan fingerprint density at radius 3 is 2.14 bits per heavy atom. The van der Waals surface area contributed by atoms with E-state index in [4.69, 9.17) is 0 Å². The van der Waals surface area contributed by atoms with Gasteiger partial charge in [-0.2, -0.15) is 0 Å². The molecule has 0 saturated heterocycles. The summed E-state index contributed by atoms with van der Waals surface area (Å²) < 4.78 is 0. The van der Waals surface area contributed by atoms with Crippen molar-refractivity contribution in [3.05, 3.63) is 88.2 Å². The van der Waals surface area contributed by atoms with E-state index in [0.717, 1.165) is 27.9 Å². The van der Waals surface area contributed by atoms with Crippen LogP contribution in [0.1, 0.15) is 43.1 Å². The number of carbonyl (C=O) groups is 2. The van der Waals surface area contributed by atoms with Crippen molar-refractivity contribution in [2.45, 2.75) is 27.7 Å². The molecule has 3 rings (SSSR count). The second-order valence-corrected chi connectivity index (χ2v) is 6.90. The molecule has 3 aromatic rings. The number of rotatable bonds is 4. The third-order valence-electron chi connectivity index (χ3n) is 4.74. The summed E-state index contributed by atoms with van der Waals surface area (Å²) in [6, 6.07) is 14.6. The lowest BCUT2D eigenvalue weighted by atomic mass is 10.1. The lowest BCUT2D eigenvalue weighted by Crippen LogP contribution is -2.17. The molecule has 2 aromatic carbocycles. The highest BCUT2D eigenvalue weighted by Gasteiger charge is 2.14. The third-order valence-corrected chi connectivity index (χ3v) is 4.74. The van der Waals surface area contributed by atoms with Crippen molar-refractivity contribution in [1.29, 1.82) is 0 Å². The molecule has 5 nitrogen and oxygen atoms in total. The van der Waals surface area contributed by atoms with E-state index < -0.39 is 0 Å². The van der Waals surface area contributed by atoms with E-state index in [1.807, 2.05) is 64.1 Å². The fraction of sp³-hybridized carbons (Fsp3) is 0.174. The average Bonchev–Trinajstić information content (AvgIpc) is 2.67. The van der Waals surface area contributed by atoms with Crippen LogP contribution in [0.2, 0.25) is 0 Å². The summed E-state index contributed by atoms with van der Waals surface area (Å²) in [5, 5.41) is 5.75. The van der Waals surface area contributed by atoms with Crippen LogP contribution in [0.4, 0.5) is 11.4 Å². The molecule has 0 radical (unpaired) electrons. The molecule has 0 spiro atoms. The molecule has 0 atom stereocenters. The number of carbonyl (C=O) groups excluding carboxylic acids is 2. The molecule has 28 heavy (non-hydrogen) atoms. The Kier molecular flexibility index (Phi) is 5.54. The molecule has 0 unspecified atom stereocenters. The first-order valence-electron chi connectivity index (χ1n) is 9.07. The zero-order chi connectivity index (χ0) is 20.3. The Bertz CT molecular complexity index is 1040. The molecule has 0 aliphatic heterocycles. The predicted octanol–water partition coefficient (Wildman–Crippen LogP) is 4.82. The number of hydrogen-bond donors (Lipinski definition) is 2. The maximum atomic E-state index is 12.7. The van der Waals surface area contributed by atoms with Crippen LogP contribution < -0.4 is 10.6 Å². The zero-order valence-corrected chi connectivity index (χ0v) is 16.5. The first-order valence-corrected chi connectivity index (χ1v) is 9.07. The largest absolute Gasteiger partial charge is 0.322 e. The summed E-state index contributed by atoms with van der Waals surface area (Å²) >= 11 is 0. The Morgan fingerprint density at radius 1 is 0.750 bits per heavy atom. The molecule has 2 N–H and O–H groups in total. The van der Waals surface area contributed by atoms with E-state index in [-0.39, 0.29) is 17.5 Å². The van der Waals surface area contributed by atoms with Gasteiger partial charge in [0.25, 0.3) is 11.8 Å². The van der Waals surface area contributed by atoms with Crippen LogP contribution in [0, 0.1) is 27.7 Å². The Hall–Kier alpha value is -3.47. The molecular formula is C23H23N3O2. The molecule has 2 amide bonds. The Labute approximate surface area is 164 Å². The minimum atomic E-state index is -0.357. The van der Waals surface area contributed by atoms with E-state index in [9.17, 15) is 9.59 Å². The number of benzene rings is 2. The van der Waals surface area contributed by atoms with Crippen molar-refractivity contribution in [1.82, 2.24) is 4.98 Å². The van der Waals surface area contributed by atoms with Gasteiger partial charge in [-0.1, -0.05) is 24.3 Å². The summed E-state index contributed by atoms with van der Waals surface area (Å²) in [5.41, 5.74) is 6.25. The fourth-order valence-electron chi connectivity index (χ4n) is 2.91. The zero-order valence-electron chi connectivity index (χ0n) is 16.5. The molecular weight excluding hydrogens is 350 g/mol. The van der Waals surface area contributed by atoms with Crippen LogP contribution in [0.5, 0.6) is 0 Å². The molecule has 0 saturated carbocycles. The number of para-hydroxylation sites is 1. The van der Waals surface area contributed by atoms with Crippen LogP contribution in [0.15, 0.2) is 54.7 Å². The van der Waals surface area contributed by atoms with Gasteiger partial charge >= 0.3 is 0 Å². The number of nitrogens with zero attached hydrogens (tertiary/aromatic N) is 1. The Balaban J connectivity index is 1.78. The quantitative estimate of drug-likeness (QED) is 0.689. The summed E-state index contributed by atoms with van der Waals surface area (Å²) in [5.74, 6) is -0.634. The van der Waals surface area contributed by atoms with Gasteiger partial charge < -0.3 is 10.6 Å². The number of amides is 2. The van der Waals surface area contributed by atoms with Crippen molar-refractivity contribution in [3.8, 4) is 0 Å². The third kappa shape index (κ3) is 4.26. The van der Waals surface area contributed by atoms with Crippen LogP contribution in [-0.4, -0.2) is 16.8 Å². The maximum Gasteiger partial charge on any atom is 0.274 e. The SMILES string of the molecule is Cc1ccc(NC(=O)c2cc(C(=O)Nc3c(C)cccc3C)ccn2)cc1C. The van der Waals surface area contributed by atoms with E-state index >= 15 is 0 Å². The van der Waals surface area contributed by atoms with Gasteiger partial charge in [0.2, 0.25) is 0 Å². The first kappa shape index (κ1) is 19.3. The molecule has 0 aliphatic carbocycles. The molecule has 142 valence electrons. The second-order valence-electron chi connectivity index (χ2n) is 6.90. The minimum absolute atomic E-state index is 0.187. The summed E-state index contributed by atoms with van der Waals surface area (Å²) in [7, 11) is 0. The lowest BCUT2D eigenvalue weighted by molar-refractivity contribution is 0.102. The van der Waals surface area contributed by atoms with Gasteiger partial charge in [-0.05, 0) is 74.2 Å². The van der Waals surface area contributed by atoms with Crippen molar-refractivity contribution in [3.63, 3.8) is 0 Å². The molecule has 0 aliphatic rings. The number of aryl methyl sites for hydroxylation is 4. The van der Waals surface area contributed by atoms with Crippen molar-refractivity contribution in [2.75, 3.05) is 10.6 Å². The second kappa shape index (κ2) is 8.05. The van der Waals surface area contributed by atoms with Crippen LogP contribution >= 0.6 is 0 Å². The molecule has 1 aromatic heterocycles. The smallest absolute Gasteiger partial charge is 0.274 e. The highest BCUT2D eigenvalue weighted by Crippen LogP contribution is 2.20. The van der Waals surface area contributed by atoms with Gasteiger partial charge in [0.1, 0.15) is 5.69 Å². The number of aromatic nitrogens is 1. The fourth-order valence-corrected chi connectivity index (χ4v) is 2.91. The lowest BCUT2D eigenvalue weighted by Gasteiger charge is -2.12. The van der Waals surface area contributed by atoms with Gasteiger partial charge in [-0.15, -0.1) is 0 Å². The Morgan fingerprint density at radius 2 is 1.46 bits per heavy atom. The molecule has 0 fully saturated rings. The van der Waals surface area contributed by atoms with Crippen LogP contribution in [0.3, 0.4) is 0 Å². The van der Waals surface area contributed by atoms with Gasteiger partial charge in [-0.25, -0.2) is 0 Å². The van der Waals surface area contributed by atoms with Gasteiger partial charge in [-0.3, -0.25) is 14.6 Å². The summed E-state index contributed by atoms with van der Waals surface area (Å²) in [6.07, 6.45) is 1.47. The predicted molar refractivity (Wildman–Crippen MR) is 112 cm³/mol. The van der Waals surface area contributed by atoms with Crippen molar-refractivity contribution in [2.24, 2.45) is 0 Å².